The number of hydrogen-bond acceptors (Lipinski definition) is 2. The van der Waals surface area contributed by atoms with E-state index in [1.54, 1.807) is 0 Å². The van der Waals surface area contributed by atoms with Gasteiger partial charge in [-0.05, 0) is 43.7 Å². The van der Waals surface area contributed by atoms with Crippen LogP contribution in [-0.2, 0) is 0 Å². The highest BCUT2D eigenvalue weighted by Gasteiger charge is 2.19. The third kappa shape index (κ3) is 4.79. The van der Waals surface area contributed by atoms with Gasteiger partial charge in [0.2, 0.25) is 0 Å². The Bertz CT molecular complexity index is 248. The zero-order valence-electron chi connectivity index (χ0n) is 9.55. The van der Waals surface area contributed by atoms with E-state index in [0.717, 1.165) is 12.5 Å². The average molecular weight is 243 g/mol. The second-order valence-electron chi connectivity index (χ2n) is 4.42. The summed E-state index contributed by atoms with van der Waals surface area (Å²) in [5.74, 6) is 1.46. The summed E-state index contributed by atoms with van der Waals surface area (Å²) in [6, 6.07) is 0. The van der Waals surface area contributed by atoms with Crippen LogP contribution in [0.3, 0.4) is 0 Å². The predicted molar refractivity (Wildman–Crippen MR) is 70.8 cm³/mol. The first kappa shape index (κ1) is 13.2. The van der Waals surface area contributed by atoms with Crippen LogP contribution in [0.25, 0.3) is 0 Å². The molecule has 1 fully saturated rings. The number of nitrogens with one attached hydrogen (secondary N) is 4. The Hall–Kier alpha value is -0.830. The number of guanidine groups is 2. The van der Waals surface area contributed by atoms with Crippen LogP contribution in [0.2, 0.25) is 0 Å². The van der Waals surface area contributed by atoms with Crippen molar-refractivity contribution in [2.24, 2.45) is 17.6 Å². The van der Waals surface area contributed by atoms with Crippen LogP contribution < -0.4 is 16.4 Å². The molecule has 1 rings (SSSR count). The molecule has 1 aliphatic rings. The molecule has 0 saturated heterocycles. The Balaban J connectivity index is 2.14. The fourth-order valence-corrected chi connectivity index (χ4v) is 2.57. The van der Waals surface area contributed by atoms with Gasteiger partial charge in [-0.3, -0.25) is 16.1 Å². The van der Waals surface area contributed by atoms with E-state index in [0.29, 0.717) is 5.92 Å². The SMILES string of the molecule is N=C(N)NC(=N)NCC1CCC(CP)CC1. The maximum absolute atomic E-state index is 7.47. The lowest BCUT2D eigenvalue weighted by molar-refractivity contribution is 0.293. The van der Waals surface area contributed by atoms with Gasteiger partial charge in [0.15, 0.2) is 11.9 Å². The topological polar surface area (TPSA) is 97.8 Å². The van der Waals surface area contributed by atoms with Gasteiger partial charge in [-0.15, -0.1) is 9.24 Å². The molecule has 6 heteroatoms. The van der Waals surface area contributed by atoms with Crippen molar-refractivity contribution in [2.75, 3.05) is 12.7 Å². The molecule has 0 aromatic carbocycles. The second kappa shape index (κ2) is 6.69. The monoisotopic (exact) mass is 243 g/mol. The third-order valence-corrected chi connectivity index (χ3v) is 3.79. The molecule has 1 saturated carbocycles. The Kier molecular flexibility index (Phi) is 5.53. The normalized spacial score (nSPS) is 24.8. The molecule has 0 aromatic rings. The molecule has 16 heavy (non-hydrogen) atoms. The van der Waals surface area contributed by atoms with Crippen molar-refractivity contribution in [3.63, 3.8) is 0 Å². The van der Waals surface area contributed by atoms with Crippen molar-refractivity contribution in [1.82, 2.24) is 10.6 Å². The largest absolute Gasteiger partial charge is 0.370 e. The van der Waals surface area contributed by atoms with Crippen molar-refractivity contribution in [1.29, 1.82) is 10.8 Å². The van der Waals surface area contributed by atoms with Gasteiger partial charge in [-0.2, -0.15) is 0 Å². The summed E-state index contributed by atoms with van der Waals surface area (Å²) in [6.07, 6.45) is 6.27. The highest BCUT2D eigenvalue weighted by atomic mass is 31.0. The van der Waals surface area contributed by atoms with E-state index in [-0.39, 0.29) is 11.9 Å². The molecule has 0 spiro atoms. The summed E-state index contributed by atoms with van der Waals surface area (Å²) in [7, 11) is 2.82. The van der Waals surface area contributed by atoms with E-state index in [9.17, 15) is 0 Å². The van der Waals surface area contributed by atoms with Crippen LogP contribution in [0, 0.1) is 22.7 Å². The first-order valence-electron chi connectivity index (χ1n) is 5.75. The molecular formula is C10H22N5P. The Morgan fingerprint density at radius 1 is 1.19 bits per heavy atom. The van der Waals surface area contributed by atoms with Crippen LogP contribution in [0.15, 0.2) is 0 Å². The minimum absolute atomic E-state index is 0.126. The number of hydrogen-bond donors (Lipinski definition) is 5. The molecule has 0 radical (unpaired) electrons. The molecule has 1 atom stereocenters. The number of rotatable bonds is 3. The Morgan fingerprint density at radius 3 is 2.25 bits per heavy atom. The molecule has 0 amide bonds. The van der Waals surface area contributed by atoms with Gasteiger partial charge in [-0.1, -0.05) is 0 Å². The summed E-state index contributed by atoms with van der Waals surface area (Å²) in [5, 5.41) is 19.8. The minimum atomic E-state index is -0.191. The van der Waals surface area contributed by atoms with Crippen LogP contribution >= 0.6 is 9.24 Å². The summed E-state index contributed by atoms with van der Waals surface area (Å²) in [6.45, 7) is 0.808. The maximum atomic E-state index is 7.47. The van der Waals surface area contributed by atoms with Crippen LogP contribution in [-0.4, -0.2) is 24.6 Å². The van der Waals surface area contributed by atoms with Crippen molar-refractivity contribution >= 4 is 21.2 Å². The molecule has 5 nitrogen and oxygen atoms in total. The summed E-state index contributed by atoms with van der Waals surface area (Å²) in [5.41, 5.74) is 5.13. The van der Waals surface area contributed by atoms with Gasteiger partial charge in [0.1, 0.15) is 0 Å². The van der Waals surface area contributed by atoms with E-state index >= 15 is 0 Å². The summed E-state index contributed by atoms with van der Waals surface area (Å²) >= 11 is 0. The van der Waals surface area contributed by atoms with Crippen LogP contribution in [0.4, 0.5) is 0 Å². The van der Waals surface area contributed by atoms with E-state index in [1.165, 1.54) is 31.8 Å². The molecule has 0 aromatic heterocycles. The highest BCUT2D eigenvalue weighted by Crippen LogP contribution is 2.29. The lowest BCUT2D eigenvalue weighted by Gasteiger charge is -2.28. The lowest BCUT2D eigenvalue weighted by Crippen LogP contribution is -2.45. The van der Waals surface area contributed by atoms with E-state index in [2.05, 4.69) is 19.9 Å². The first-order valence-corrected chi connectivity index (χ1v) is 6.57. The quantitative estimate of drug-likeness (QED) is 0.286. The summed E-state index contributed by atoms with van der Waals surface area (Å²) in [4.78, 5) is 0. The third-order valence-electron chi connectivity index (χ3n) is 3.13. The standard InChI is InChI=1S/C10H22N5P/c11-9(12)15-10(13)14-5-7-1-3-8(6-16)4-2-7/h7-8H,1-6,16H2,(H6,11,12,13,14,15). The number of nitrogens with two attached hydrogens (primary N) is 1. The van der Waals surface area contributed by atoms with Gasteiger partial charge in [-0.25, -0.2) is 0 Å². The second-order valence-corrected chi connectivity index (χ2v) is 4.89. The van der Waals surface area contributed by atoms with E-state index < -0.39 is 0 Å². The Labute approximate surface area is 99.2 Å². The van der Waals surface area contributed by atoms with Gasteiger partial charge in [0, 0.05) is 6.54 Å². The average Bonchev–Trinajstić information content (AvgIpc) is 2.26. The highest BCUT2D eigenvalue weighted by molar-refractivity contribution is 7.16. The van der Waals surface area contributed by atoms with Crippen molar-refractivity contribution in [3.05, 3.63) is 0 Å². The lowest BCUT2D eigenvalue weighted by atomic mass is 9.83. The summed E-state index contributed by atoms with van der Waals surface area (Å²) < 4.78 is 0. The van der Waals surface area contributed by atoms with E-state index in [1.807, 2.05) is 0 Å². The maximum Gasteiger partial charge on any atom is 0.195 e. The zero-order valence-corrected chi connectivity index (χ0v) is 10.7. The molecular weight excluding hydrogens is 221 g/mol. The molecule has 0 heterocycles. The fraction of sp³-hybridized carbons (Fsp3) is 0.800. The predicted octanol–water partition coefficient (Wildman–Crippen LogP) is 0.675. The Morgan fingerprint density at radius 2 is 1.75 bits per heavy atom. The fourth-order valence-electron chi connectivity index (χ4n) is 2.10. The van der Waals surface area contributed by atoms with Crippen LogP contribution in [0.5, 0.6) is 0 Å². The minimum Gasteiger partial charge on any atom is -0.370 e. The molecule has 6 N–H and O–H groups in total. The van der Waals surface area contributed by atoms with Crippen molar-refractivity contribution in [2.45, 2.75) is 25.7 Å². The van der Waals surface area contributed by atoms with Crippen LogP contribution in [0.1, 0.15) is 25.7 Å². The van der Waals surface area contributed by atoms with Crippen molar-refractivity contribution in [3.8, 4) is 0 Å². The smallest absolute Gasteiger partial charge is 0.195 e. The molecule has 0 aliphatic heterocycles. The molecule has 1 aliphatic carbocycles. The molecule has 92 valence electrons. The first-order chi connectivity index (χ1) is 7.61. The zero-order chi connectivity index (χ0) is 12.0. The van der Waals surface area contributed by atoms with Gasteiger partial charge >= 0.3 is 0 Å². The van der Waals surface area contributed by atoms with Gasteiger partial charge in [0.25, 0.3) is 0 Å². The van der Waals surface area contributed by atoms with Crippen molar-refractivity contribution < 1.29 is 0 Å². The molecule has 1 unspecified atom stereocenters. The van der Waals surface area contributed by atoms with E-state index in [4.69, 9.17) is 16.6 Å². The van der Waals surface area contributed by atoms with Gasteiger partial charge in [0.05, 0.1) is 0 Å². The molecule has 0 bridgehead atoms. The van der Waals surface area contributed by atoms with Gasteiger partial charge < -0.3 is 11.1 Å².